The number of hydrogen-bond acceptors (Lipinski definition) is 3. The van der Waals surface area contributed by atoms with Crippen LogP contribution >= 0.6 is 11.8 Å². The summed E-state index contributed by atoms with van der Waals surface area (Å²) in [7, 11) is 0. The van der Waals surface area contributed by atoms with Gasteiger partial charge >= 0.3 is 0 Å². The zero-order valence-electron chi connectivity index (χ0n) is 10.7. The number of aromatic nitrogens is 2. The topological polar surface area (TPSA) is 38.0 Å². The molecule has 1 atom stereocenters. The average Bonchev–Trinajstić information content (AvgIpc) is 2.79. The minimum absolute atomic E-state index is 0.316. The fourth-order valence-electron chi connectivity index (χ4n) is 2.44. The fourth-order valence-corrected chi connectivity index (χ4v) is 3.64. The highest BCUT2D eigenvalue weighted by molar-refractivity contribution is 7.99. The average molecular weight is 254 g/mol. The van der Waals surface area contributed by atoms with E-state index in [-0.39, 0.29) is 6.10 Å². The summed E-state index contributed by atoms with van der Waals surface area (Å²) in [6.07, 6.45) is 4.82. The Kier molecular flexibility index (Phi) is 4.51. The van der Waals surface area contributed by atoms with Gasteiger partial charge in [-0.2, -0.15) is 16.9 Å². The Bertz CT molecular complexity index is 345. The van der Waals surface area contributed by atoms with Gasteiger partial charge in [0, 0.05) is 12.2 Å². The van der Waals surface area contributed by atoms with Gasteiger partial charge in [0.25, 0.3) is 0 Å². The van der Waals surface area contributed by atoms with Crippen molar-refractivity contribution in [3.8, 4) is 0 Å². The van der Waals surface area contributed by atoms with Crippen LogP contribution in [0.15, 0.2) is 12.3 Å². The first-order valence-corrected chi connectivity index (χ1v) is 7.63. The molecule has 1 aromatic rings. The Labute approximate surface area is 108 Å². The Morgan fingerprint density at radius 1 is 1.47 bits per heavy atom. The van der Waals surface area contributed by atoms with Gasteiger partial charge in [0.15, 0.2) is 0 Å². The highest BCUT2D eigenvalue weighted by Crippen LogP contribution is 2.31. The van der Waals surface area contributed by atoms with Crippen molar-refractivity contribution in [3.05, 3.63) is 18.0 Å². The Morgan fingerprint density at radius 2 is 2.18 bits per heavy atom. The summed E-state index contributed by atoms with van der Waals surface area (Å²) >= 11 is 2.03. The van der Waals surface area contributed by atoms with E-state index in [1.54, 1.807) is 6.20 Å². The van der Waals surface area contributed by atoms with Gasteiger partial charge < -0.3 is 5.11 Å². The first kappa shape index (κ1) is 13.0. The van der Waals surface area contributed by atoms with Gasteiger partial charge in [0.1, 0.15) is 0 Å². The Hall–Kier alpha value is -0.480. The van der Waals surface area contributed by atoms with Gasteiger partial charge in [0.05, 0.1) is 11.8 Å². The molecule has 4 heteroatoms. The predicted octanol–water partition coefficient (Wildman–Crippen LogP) is 3.03. The van der Waals surface area contributed by atoms with Crippen LogP contribution in [-0.2, 0) is 0 Å². The minimum atomic E-state index is -0.354. The van der Waals surface area contributed by atoms with Gasteiger partial charge in [-0.05, 0) is 56.6 Å². The van der Waals surface area contributed by atoms with Crippen LogP contribution in [0.4, 0.5) is 0 Å². The number of aliphatic hydroxyl groups is 1. The molecule has 3 nitrogen and oxygen atoms in total. The first-order valence-electron chi connectivity index (χ1n) is 6.47. The van der Waals surface area contributed by atoms with Crippen LogP contribution in [0.1, 0.15) is 50.9 Å². The molecule has 0 bridgehead atoms. The number of thioether (sulfide) groups is 1. The smallest absolute Gasteiger partial charge is 0.0959 e. The molecule has 17 heavy (non-hydrogen) atoms. The van der Waals surface area contributed by atoms with E-state index in [0.717, 1.165) is 12.1 Å². The lowest BCUT2D eigenvalue weighted by molar-refractivity contribution is 0.129. The number of hydrogen-bond donors (Lipinski definition) is 1. The molecule has 96 valence electrons. The zero-order chi connectivity index (χ0) is 12.3. The molecule has 1 N–H and O–H groups in total. The fraction of sp³-hybridized carbons (Fsp3) is 0.769. The van der Waals surface area contributed by atoms with Gasteiger partial charge in [-0.3, -0.25) is 4.68 Å². The summed E-state index contributed by atoms with van der Waals surface area (Å²) in [5.74, 6) is 3.18. The summed E-state index contributed by atoms with van der Waals surface area (Å²) in [6.45, 7) is 4.20. The van der Waals surface area contributed by atoms with E-state index in [9.17, 15) is 5.11 Å². The van der Waals surface area contributed by atoms with E-state index in [1.807, 2.05) is 22.5 Å². The molecule has 0 amide bonds. The molecule has 1 aliphatic rings. The summed E-state index contributed by atoms with van der Waals surface area (Å²) < 4.78 is 1.93. The minimum Gasteiger partial charge on any atom is -0.387 e. The molecule has 1 fully saturated rings. The summed E-state index contributed by atoms with van der Waals surface area (Å²) in [4.78, 5) is 0. The monoisotopic (exact) mass is 254 g/mol. The Morgan fingerprint density at radius 3 is 2.82 bits per heavy atom. The van der Waals surface area contributed by atoms with E-state index in [1.165, 1.54) is 24.3 Å². The normalized spacial score (nSPS) is 19.8. The first-order chi connectivity index (χ1) is 8.18. The van der Waals surface area contributed by atoms with Crippen molar-refractivity contribution in [2.24, 2.45) is 5.92 Å². The molecule has 0 aromatic carbocycles. The lowest BCUT2D eigenvalue weighted by atomic mass is 9.94. The van der Waals surface area contributed by atoms with E-state index in [0.29, 0.717) is 12.0 Å². The summed E-state index contributed by atoms with van der Waals surface area (Å²) in [5, 5.41) is 14.6. The van der Waals surface area contributed by atoms with Gasteiger partial charge in [0.2, 0.25) is 0 Å². The summed E-state index contributed by atoms with van der Waals surface area (Å²) in [5.41, 5.74) is 0.971. The largest absolute Gasteiger partial charge is 0.387 e. The highest BCUT2D eigenvalue weighted by atomic mass is 32.2. The van der Waals surface area contributed by atoms with Crippen LogP contribution in [-0.4, -0.2) is 26.4 Å². The molecule has 2 heterocycles. The van der Waals surface area contributed by atoms with Gasteiger partial charge in [-0.1, -0.05) is 0 Å². The maximum Gasteiger partial charge on any atom is 0.0959 e. The second-order valence-electron chi connectivity index (χ2n) is 5.10. The van der Waals surface area contributed by atoms with E-state index >= 15 is 0 Å². The third kappa shape index (κ3) is 3.26. The quantitative estimate of drug-likeness (QED) is 0.897. The van der Waals surface area contributed by atoms with E-state index in [4.69, 9.17) is 0 Å². The van der Waals surface area contributed by atoms with Crippen LogP contribution in [0.5, 0.6) is 0 Å². The lowest BCUT2D eigenvalue weighted by Crippen LogP contribution is -2.17. The van der Waals surface area contributed by atoms with Crippen molar-refractivity contribution < 1.29 is 5.11 Å². The van der Waals surface area contributed by atoms with Crippen molar-refractivity contribution in [1.29, 1.82) is 0 Å². The molecule has 1 saturated heterocycles. The maximum atomic E-state index is 10.3. The third-order valence-electron chi connectivity index (χ3n) is 3.43. The second kappa shape index (κ2) is 5.91. The van der Waals surface area contributed by atoms with Crippen molar-refractivity contribution in [3.63, 3.8) is 0 Å². The molecular formula is C13H22N2OS. The predicted molar refractivity (Wildman–Crippen MR) is 72.2 cm³/mol. The molecule has 1 aliphatic heterocycles. The SMILES string of the molecule is CC(C)n1nccc1C(O)CC1CCSCC1. The standard InChI is InChI=1S/C13H22N2OS/c1-10(2)15-12(3-6-14-15)13(16)9-11-4-7-17-8-5-11/h3,6,10-11,13,16H,4-5,7-9H2,1-2H3. The van der Waals surface area contributed by atoms with Crippen molar-refractivity contribution >= 4 is 11.8 Å². The van der Waals surface area contributed by atoms with Gasteiger partial charge in [-0.15, -0.1) is 0 Å². The highest BCUT2D eigenvalue weighted by Gasteiger charge is 2.21. The molecular weight excluding hydrogens is 232 g/mol. The van der Waals surface area contributed by atoms with E-state index in [2.05, 4.69) is 18.9 Å². The molecule has 2 rings (SSSR count). The van der Waals surface area contributed by atoms with E-state index < -0.39 is 0 Å². The van der Waals surface area contributed by atoms with Crippen LogP contribution in [0, 0.1) is 5.92 Å². The number of rotatable bonds is 4. The number of nitrogens with zero attached hydrogens (tertiary/aromatic N) is 2. The van der Waals surface area contributed by atoms with Crippen LogP contribution in [0.25, 0.3) is 0 Å². The van der Waals surface area contributed by atoms with Crippen molar-refractivity contribution in [2.75, 3.05) is 11.5 Å². The molecule has 1 unspecified atom stereocenters. The van der Waals surface area contributed by atoms with Crippen molar-refractivity contribution in [1.82, 2.24) is 9.78 Å². The third-order valence-corrected chi connectivity index (χ3v) is 4.48. The van der Waals surface area contributed by atoms with Crippen LogP contribution < -0.4 is 0 Å². The van der Waals surface area contributed by atoms with Crippen molar-refractivity contribution in [2.45, 2.75) is 45.3 Å². The molecule has 1 aromatic heterocycles. The zero-order valence-corrected chi connectivity index (χ0v) is 11.5. The molecule has 0 saturated carbocycles. The second-order valence-corrected chi connectivity index (χ2v) is 6.33. The lowest BCUT2D eigenvalue weighted by Gasteiger charge is -2.24. The van der Waals surface area contributed by atoms with Crippen LogP contribution in [0.2, 0.25) is 0 Å². The van der Waals surface area contributed by atoms with Gasteiger partial charge in [-0.25, -0.2) is 0 Å². The number of aliphatic hydroxyl groups excluding tert-OH is 1. The molecule has 0 aliphatic carbocycles. The molecule has 0 radical (unpaired) electrons. The maximum absolute atomic E-state index is 10.3. The molecule has 0 spiro atoms. The summed E-state index contributed by atoms with van der Waals surface area (Å²) in [6, 6.07) is 2.26. The Balaban J connectivity index is 1.98. The van der Waals surface area contributed by atoms with Crippen LogP contribution in [0.3, 0.4) is 0 Å².